The number of nitrogens with zero attached hydrogens (tertiary/aromatic N) is 5. The Morgan fingerprint density at radius 1 is 1.15 bits per heavy atom. The largest absolute Gasteiger partial charge is 1.00 e. The van der Waals surface area contributed by atoms with Crippen LogP contribution >= 0.6 is 23.5 Å². The van der Waals surface area contributed by atoms with E-state index in [-0.39, 0.29) is 52.4 Å². The van der Waals surface area contributed by atoms with Gasteiger partial charge in [-0.15, -0.1) is 28.6 Å². The molecule has 14 nitrogen and oxygen atoms in total. The first kappa shape index (κ1) is 29.8. The molecular weight excluding hydrogens is 575 g/mol. The van der Waals surface area contributed by atoms with Crippen molar-refractivity contribution in [2.75, 3.05) is 11.5 Å². The number of β-lactam (4-membered cyclic amide) rings is 1. The molecule has 2 aliphatic heterocycles. The first-order valence-electron chi connectivity index (χ1n) is 11.4. The number of carbonyl (C=O) groups is 4. The Balaban J connectivity index is 0.00000370. The summed E-state index contributed by atoms with van der Waals surface area (Å²) in [6.45, 7) is -0.624. The van der Waals surface area contributed by atoms with Crippen LogP contribution in [0.25, 0.3) is 5.65 Å². The fourth-order valence-electron chi connectivity index (χ4n) is 4.16. The van der Waals surface area contributed by atoms with Crippen molar-refractivity contribution in [3.8, 4) is 0 Å². The van der Waals surface area contributed by atoms with E-state index in [2.05, 4.69) is 15.5 Å². The average Bonchev–Trinajstić information content (AvgIpc) is 3.23. The number of hydrogen-bond donors (Lipinski definition) is 3. The minimum Gasteiger partial charge on any atom is -0.543 e. The Morgan fingerprint density at radius 3 is 2.55 bits per heavy atom. The van der Waals surface area contributed by atoms with Crippen molar-refractivity contribution in [2.24, 2.45) is 0 Å². The number of carbonyl (C=O) groups excluding carboxylic acids is 3. The maximum Gasteiger partial charge on any atom is 1.00 e. The molecule has 2 aromatic heterocycles. The van der Waals surface area contributed by atoms with Crippen molar-refractivity contribution in [1.29, 1.82) is 0 Å². The molecule has 1 unspecified atom stereocenters. The Morgan fingerprint density at radius 2 is 1.88 bits per heavy atom. The number of aliphatic hydroxyl groups excluding tert-OH is 1. The maximum absolute atomic E-state index is 12.9. The number of aliphatic carboxylic acids is 2. The molecule has 5 rings (SSSR count). The van der Waals surface area contributed by atoms with Gasteiger partial charge >= 0.3 is 41.2 Å². The molecule has 0 spiro atoms. The van der Waals surface area contributed by atoms with Crippen LogP contribution in [0.5, 0.6) is 0 Å². The number of amides is 2. The number of benzene rings is 1. The molecular formula is C23H19N6NaO8S2. The first-order chi connectivity index (χ1) is 18.7. The van der Waals surface area contributed by atoms with E-state index in [0.717, 1.165) is 25.9 Å². The number of rotatable bonds is 9. The van der Waals surface area contributed by atoms with E-state index < -0.39 is 53.5 Å². The van der Waals surface area contributed by atoms with E-state index in [0.29, 0.717) is 16.2 Å². The second-order valence-electron chi connectivity index (χ2n) is 8.51. The van der Waals surface area contributed by atoms with E-state index in [9.17, 15) is 34.2 Å². The summed E-state index contributed by atoms with van der Waals surface area (Å²) < 4.78 is 1.71. The molecule has 1 fully saturated rings. The molecule has 0 radical (unpaired) electrons. The van der Waals surface area contributed by atoms with Gasteiger partial charge in [0, 0.05) is 11.5 Å². The van der Waals surface area contributed by atoms with Crippen molar-refractivity contribution in [3.05, 3.63) is 69.8 Å². The molecule has 17 heteroatoms. The van der Waals surface area contributed by atoms with E-state index >= 15 is 0 Å². The third kappa shape index (κ3) is 5.68. The third-order valence-corrected chi connectivity index (χ3v) is 8.34. The zero-order valence-electron chi connectivity index (χ0n) is 20.8. The second-order valence-corrected chi connectivity index (χ2v) is 10.6. The normalized spacial score (nSPS) is 18.9. The zero-order chi connectivity index (χ0) is 27.8. The van der Waals surface area contributed by atoms with Gasteiger partial charge in [-0.25, -0.2) is 4.79 Å². The molecule has 4 heterocycles. The molecule has 3 aromatic rings. The minimum atomic E-state index is -1.55. The fourth-order valence-corrected chi connectivity index (χ4v) is 6.50. The molecule has 1 saturated heterocycles. The van der Waals surface area contributed by atoms with E-state index in [1.54, 1.807) is 36.4 Å². The smallest absolute Gasteiger partial charge is 0.543 e. The second kappa shape index (κ2) is 12.2. The fraction of sp³-hybridized carbons (Fsp3) is 0.261. The van der Waals surface area contributed by atoms with Crippen LogP contribution in [-0.2, 0) is 25.7 Å². The molecule has 3 N–H and O–H groups in total. The number of fused-ring (bicyclic) bond motifs is 2. The molecule has 2 amide bonds. The van der Waals surface area contributed by atoms with Gasteiger partial charge in [0.1, 0.15) is 23.0 Å². The van der Waals surface area contributed by atoms with Gasteiger partial charge in [0.05, 0.1) is 11.7 Å². The van der Waals surface area contributed by atoms with E-state index in [1.807, 2.05) is 0 Å². The summed E-state index contributed by atoms with van der Waals surface area (Å²) in [6, 6.07) is 10.2. The van der Waals surface area contributed by atoms with Crippen molar-refractivity contribution in [2.45, 2.75) is 29.1 Å². The van der Waals surface area contributed by atoms with Gasteiger partial charge in [-0.2, -0.15) is 14.3 Å². The van der Waals surface area contributed by atoms with Crippen molar-refractivity contribution in [3.63, 3.8) is 0 Å². The van der Waals surface area contributed by atoms with Gasteiger partial charge in [0.2, 0.25) is 0 Å². The van der Waals surface area contributed by atoms with Gasteiger partial charge in [0.25, 0.3) is 11.8 Å². The van der Waals surface area contributed by atoms with Crippen LogP contribution in [0, 0.1) is 0 Å². The average molecular weight is 595 g/mol. The van der Waals surface area contributed by atoms with Gasteiger partial charge in [-0.1, -0.05) is 30.3 Å². The molecule has 40 heavy (non-hydrogen) atoms. The maximum atomic E-state index is 12.9. The topological polar surface area (TPSA) is 199 Å². The van der Waals surface area contributed by atoms with Crippen LogP contribution in [0.15, 0.2) is 63.6 Å². The summed E-state index contributed by atoms with van der Waals surface area (Å²) in [5.41, 5.74) is -0.143. The van der Waals surface area contributed by atoms with Crippen LogP contribution in [0.3, 0.4) is 0 Å². The van der Waals surface area contributed by atoms with Gasteiger partial charge in [0.15, 0.2) is 11.8 Å². The SMILES string of the molecule is O=C(O)Cn1nc2ccc(SCC3=C(C(=O)[O-])N4C(=O)C(NC(=O)[C@H](O)c5ccccc5)[C@H]4SC3)nn2c1=O.[Na+]. The van der Waals surface area contributed by atoms with Gasteiger partial charge in [-0.3, -0.25) is 19.3 Å². The number of carboxylic acids is 2. The zero-order valence-corrected chi connectivity index (χ0v) is 24.4. The van der Waals surface area contributed by atoms with Crippen molar-refractivity contribution >= 4 is 52.9 Å². The van der Waals surface area contributed by atoms with E-state index in [1.165, 1.54) is 17.8 Å². The standard InChI is InChI=1S/C23H20N6O8S2.Na/c30-15(31)8-27-23(37)29-13(25-27)6-7-14(26-29)38-9-12-10-39-21-16(20(34)28(21)17(12)22(35)36)24-19(33)18(32)11-4-2-1-3-5-11;/h1-7,16,18,21,32H,8-10H2,(H,24,33)(H,30,31)(H,35,36);/q;+1/p-1/t16?,18-,21-;/m1./s1. The summed E-state index contributed by atoms with van der Waals surface area (Å²) >= 11 is 2.36. The number of carboxylic acid groups (broad SMARTS) is 2. The summed E-state index contributed by atoms with van der Waals surface area (Å²) in [4.78, 5) is 61.7. The molecule has 202 valence electrons. The van der Waals surface area contributed by atoms with Crippen LogP contribution in [-0.4, -0.2) is 81.2 Å². The summed E-state index contributed by atoms with van der Waals surface area (Å²) in [5, 5.41) is 41.4. The predicted octanol–water partition coefficient (Wildman–Crippen LogP) is -4.79. The Kier molecular flexibility index (Phi) is 9.06. The Labute approximate surface area is 255 Å². The molecule has 1 aromatic carbocycles. The molecule has 0 bridgehead atoms. The molecule has 2 aliphatic rings. The Hall–Kier alpha value is -3.15. The number of aliphatic hydroxyl groups is 1. The summed E-state index contributed by atoms with van der Waals surface area (Å²) in [7, 11) is 0. The molecule has 0 aliphatic carbocycles. The number of hydrogen-bond acceptors (Lipinski definition) is 11. The predicted molar refractivity (Wildman–Crippen MR) is 134 cm³/mol. The third-order valence-electron chi connectivity index (χ3n) is 6.00. The first-order valence-corrected chi connectivity index (χ1v) is 13.4. The number of aromatic nitrogens is 4. The van der Waals surface area contributed by atoms with Gasteiger partial charge in [-0.05, 0) is 23.3 Å². The summed E-state index contributed by atoms with van der Waals surface area (Å²) in [5.74, 6) is -3.87. The van der Waals surface area contributed by atoms with Crippen molar-refractivity contribution in [1.82, 2.24) is 29.6 Å². The Bertz CT molecular complexity index is 1590. The summed E-state index contributed by atoms with van der Waals surface area (Å²) in [6.07, 6.45) is -1.49. The van der Waals surface area contributed by atoms with Crippen LogP contribution in [0.4, 0.5) is 0 Å². The van der Waals surface area contributed by atoms with Crippen LogP contribution in [0.2, 0.25) is 0 Å². The van der Waals surface area contributed by atoms with Crippen molar-refractivity contribution < 1.29 is 64.1 Å². The monoisotopic (exact) mass is 594 g/mol. The number of thioether (sulfide) groups is 2. The number of nitrogens with one attached hydrogen (secondary N) is 1. The minimum absolute atomic E-state index is 0. The molecule has 0 saturated carbocycles. The quantitative estimate of drug-likeness (QED) is 0.122. The van der Waals surface area contributed by atoms with Gasteiger partial charge < -0.3 is 25.4 Å². The molecule has 3 atom stereocenters. The van der Waals surface area contributed by atoms with Crippen LogP contribution in [0.1, 0.15) is 11.7 Å². The van der Waals surface area contributed by atoms with Crippen LogP contribution < -0.4 is 45.7 Å². The van der Waals surface area contributed by atoms with E-state index in [4.69, 9.17) is 5.11 Å².